The van der Waals surface area contributed by atoms with Crippen LogP contribution in [0.1, 0.15) is 13.3 Å². The van der Waals surface area contributed by atoms with E-state index in [4.69, 9.17) is 4.74 Å². The predicted octanol–water partition coefficient (Wildman–Crippen LogP) is 2.12. The molecule has 0 saturated carbocycles. The summed E-state index contributed by atoms with van der Waals surface area (Å²) in [6.07, 6.45) is 0.241. The third kappa shape index (κ3) is 3.35. The molecule has 1 N–H and O–H groups in total. The Labute approximate surface area is 138 Å². The number of hydrogen-bond acceptors (Lipinski definition) is 5. The summed E-state index contributed by atoms with van der Waals surface area (Å²) in [7, 11) is 1.61. The molecule has 2 aromatic rings. The van der Waals surface area contributed by atoms with Crippen molar-refractivity contribution in [2.45, 2.75) is 19.4 Å². The van der Waals surface area contributed by atoms with E-state index in [0.29, 0.717) is 18.3 Å². The van der Waals surface area contributed by atoms with E-state index in [1.165, 1.54) is 11.3 Å². The normalized spacial score (nSPS) is 19.3. The van der Waals surface area contributed by atoms with Crippen molar-refractivity contribution in [1.29, 1.82) is 0 Å². The third-order valence-corrected chi connectivity index (χ3v) is 4.95. The van der Waals surface area contributed by atoms with E-state index in [0.717, 1.165) is 10.2 Å². The average Bonchev–Trinajstić information content (AvgIpc) is 3.10. The molecule has 0 radical (unpaired) electrons. The number of rotatable bonds is 5. The van der Waals surface area contributed by atoms with Crippen molar-refractivity contribution in [2.24, 2.45) is 5.92 Å². The zero-order valence-corrected chi connectivity index (χ0v) is 13.9. The van der Waals surface area contributed by atoms with Crippen molar-refractivity contribution >= 4 is 38.5 Å². The quantitative estimate of drug-likeness (QED) is 0.910. The molecule has 23 heavy (non-hydrogen) atoms. The number of amides is 2. The Morgan fingerprint density at radius 3 is 3.04 bits per heavy atom. The molecule has 1 aromatic heterocycles. The van der Waals surface area contributed by atoms with Crippen LogP contribution in [0.5, 0.6) is 0 Å². The lowest BCUT2D eigenvalue weighted by atomic mass is 10.1. The highest BCUT2D eigenvalue weighted by Gasteiger charge is 2.36. The minimum Gasteiger partial charge on any atom is -0.383 e. The number of benzene rings is 1. The zero-order valence-electron chi connectivity index (χ0n) is 13.1. The van der Waals surface area contributed by atoms with Gasteiger partial charge in [-0.2, -0.15) is 0 Å². The largest absolute Gasteiger partial charge is 0.383 e. The second-order valence-electron chi connectivity index (χ2n) is 5.73. The third-order valence-electron chi connectivity index (χ3n) is 3.99. The number of nitrogens with one attached hydrogen (secondary N) is 1. The zero-order chi connectivity index (χ0) is 16.4. The van der Waals surface area contributed by atoms with Gasteiger partial charge in [-0.05, 0) is 19.1 Å². The maximum atomic E-state index is 12.4. The Kier molecular flexibility index (Phi) is 4.58. The molecule has 1 fully saturated rings. The SMILES string of the molecule is COCC(C)N1CC(C(=O)Nc2nc3ccccc3s2)CC1=O. The van der Waals surface area contributed by atoms with E-state index >= 15 is 0 Å². The van der Waals surface area contributed by atoms with Crippen molar-refractivity contribution in [2.75, 3.05) is 25.6 Å². The maximum absolute atomic E-state index is 12.4. The molecule has 0 spiro atoms. The summed E-state index contributed by atoms with van der Waals surface area (Å²) < 4.78 is 6.12. The van der Waals surface area contributed by atoms with Crippen molar-refractivity contribution < 1.29 is 14.3 Å². The maximum Gasteiger partial charge on any atom is 0.231 e. The van der Waals surface area contributed by atoms with Gasteiger partial charge in [0.15, 0.2) is 5.13 Å². The number of nitrogens with zero attached hydrogens (tertiary/aromatic N) is 2. The standard InChI is InChI=1S/C16H19N3O3S/c1-10(9-22-2)19-8-11(7-14(19)20)15(21)18-16-17-12-5-3-4-6-13(12)23-16/h3-6,10-11H,7-9H2,1-2H3,(H,17,18,21). The van der Waals surface area contributed by atoms with Gasteiger partial charge in [0.2, 0.25) is 11.8 Å². The Morgan fingerprint density at radius 2 is 2.30 bits per heavy atom. The average molecular weight is 333 g/mol. The van der Waals surface area contributed by atoms with Crippen molar-refractivity contribution in [3.05, 3.63) is 24.3 Å². The second-order valence-corrected chi connectivity index (χ2v) is 6.76. The van der Waals surface area contributed by atoms with Crippen LogP contribution in [0, 0.1) is 5.92 Å². The number of likely N-dealkylation sites (tertiary alicyclic amines) is 1. The molecular weight excluding hydrogens is 314 g/mol. The number of methoxy groups -OCH3 is 1. The van der Waals surface area contributed by atoms with Gasteiger partial charge in [0.25, 0.3) is 0 Å². The van der Waals surface area contributed by atoms with E-state index < -0.39 is 0 Å². The van der Waals surface area contributed by atoms with Gasteiger partial charge in [0.05, 0.1) is 28.8 Å². The van der Waals surface area contributed by atoms with Gasteiger partial charge < -0.3 is 15.0 Å². The molecule has 2 unspecified atom stereocenters. The molecule has 3 rings (SSSR count). The summed E-state index contributed by atoms with van der Waals surface area (Å²) in [6.45, 7) is 2.83. The highest BCUT2D eigenvalue weighted by atomic mass is 32.1. The Morgan fingerprint density at radius 1 is 1.52 bits per heavy atom. The van der Waals surface area contributed by atoms with Crippen molar-refractivity contribution in [3.8, 4) is 0 Å². The van der Waals surface area contributed by atoms with Crippen LogP contribution < -0.4 is 5.32 Å². The highest BCUT2D eigenvalue weighted by molar-refractivity contribution is 7.22. The fourth-order valence-electron chi connectivity index (χ4n) is 2.80. The van der Waals surface area contributed by atoms with Gasteiger partial charge in [0, 0.05) is 20.1 Å². The molecule has 0 bridgehead atoms. The van der Waals surface area contributed by atoms with Gasteiger partial charge in [0.1, 0.15) is 0 Å². The van der Waals surface area contributed by atoms with E-state index in [1.807, 2.05) is 31.2 Å². The Hall–Kier alpha value is -1.99. The van der Waals surface area contributed by atoms with Gasteiger partial charge in [-0.15, -0.1) is 0 Å². The van der Waals surface area contributed by atoms with E-state index in [1.54, 1.807) is 12.0 Å². The van der Waals surface area contributed by atoms with Crippen LogP contribution in [0.3, 0.4) is 0 Å². The van der Waals surface area contributed by atoms with E-state index in [2.05, 4.69) is 10.3 Å². The van der Waals surface area contributed by atoms with Gasteiger partial charge in [-0.25, -0.2) is 4.98 Å². The highest BCUT2D eigenvalue weighted by Crippen LogP contribution is 2.27. The summed E-state index contributed by atoms with van der Waals surface area (Å²) in [4.78, 5) is 30.6. The first-order valence-corrected chi connectivity index (χ1v) is 8.35. The Balaban J connectivity index is 1.65. The number of aromatic nitrogens is 1. The number of carbonyl (C=O) groups excluding carboxylic acids is 2. The van der Waals surface area contributed by atoms with Crippen LogP contribution in [-0.4, -0.2) is 48.0 Å². The molecule has 122 valence electrons. The number of anilines is 1. The van der Waals surface area contributed by atoms with Crippen LogP contribution in [0.2, 0.25) is 0 Å². The van der Waals surface area contributed by atoms with Crippen LogP contribution in [0.25, 0.3) is 10.2 Å². The molecular formula is C16H19N3O3S. The summed E-state index contributed by atoms with van der Waals surface area (Å²) in [5.41, 5.74) is 0.866. The van der Waals surface area contributed by atoms with Crippen molar-refractivity contribution in [3.63, 3.8) is 0 Å². The lowest BCUT2D eigenvalue weighted by Crippen LogP contribution is -2.38. The monoisotopic (exact) mass is 333 g/mol. The number of fused-ring (bicyclic) bond motifs is 1. The summed E-state index contributed by atoms with van der Waals surface area (Å²) in [5.74, 6) is -0.489. The molecule has 2 heterocycles. The van der Waals surface area contributed by atoms with Crippen molar-refractivity contribution in [1.82, 2.24) is 9.88 Å². The molecule has 6 nitrogen and oxygen atoms in total. The minimum absolute atomic E-state index is 0.000926. The number of para-hydroxylation sites is 1. The molecule has 1 aliphatic rings. The fraction of sp³-hybridized carbons (Fsp3) is 0.438. The van der Waals surface area contributed by atoms with Crippen LogP contribution in [0.4, 0.5) is 5.13 Å². The van der Waals surface area contributed by atoms with Gasteiger partial charge >= 0.3 is 0 Å². The molecule has 1 saturated heterocycles. The minimum atomic E-state index is -0.339. The van der Waals surface area contributed by atoms with E-state index in [-0.39, 0.29) is 30.2 Å². The van der Waals surface area contributed by atoms with Crippen LogP contribution in [-0.2, 0) is 14.3 Å². The first-order chi connectivity index (χ1) is 11.1. The lowest BCUT2D eigenvalue weighted by Gasteiger charge is -2.23. The number of thiazole rings is 1. The molecule has 2 atom stereocenters. The molecule has 1 aromatic carbocycles. The van der Waals surface area contributed by atoms with Gasteiger partial charge in [-0.3, -0.25) is 9.59 Å². The molecule has 0 aliphatic carbocycles. The molecule has 7 heteroatoms. The van der Waals surface area contributed by atoms with Gasteiger partial charge in [-0.1, -0.05) is 23.5 Å². The smallest absolute Gasteiger partial charge is 0.231 e. The number of hydrogen-bond donors (Lipinski definition) is 1. The summed E-state index contributed by atoms with van der Waals surface area (Å²) in [6, 6.07) is 7.72. The topological polar surface area (TPSA) is 71.5 Å². The van der Waals surface area contributed by atoms with Crippen LogP contribution >= 0.6 is 11.3 Å². The predicted molar refractivity (Wildman–Crippen MR) is 89.4 cm³/mol. The fourth-order valence-corrected chi connectivity index (χ4v) is 3.67. The first-order valence-electron chi connectivity index (χ1n) is 7.53. The summed E-state index contributed by atoms with van der Waals surface area (Å²) in [5, 5.41) is 3.42. The number of ether oxygens (including phenoxy) is 1. The lowest BCUT2D eigenvalue weighted by molar-refractivity contribution is -0.130. The molecule has 2 amide bonds. The second kappa shape index (κ2) is 6.64. The van der Waals surface area contributed by atoms with Crippen LogP contribution in [0.15, 0.2) is 24.3 Å². The van der Waals surface area contributed by atoms with E-state index in [9.17, 15) is 9.59 Å². The molecule has 1 aliphatic heterocycles. The Bertz CT molecular complexity index is 697. The number of carbonyl (C=O) groups is 2. The summed E-state index contributed by atoms with van der Waals surface area (Å²) >= 11 is 1.44. The first kappa shape index (κ1) is 15.9.